The van der Waals surface area contributed by atoms with Crippen molar-refractivity contribution in [3.63, 3.8) is 0 Å². The molecule has 0 atom stereocenters. The van der Waals surface area contributed by atoms with Crippen molar-refractivity contribution < 1.29 is 36.2 Å². The van der Waals surface area contributed by atoms with E-state index < -0.39 is 29.7 Å². The molecule has 0 saturated carbocycles. The fourth-order valence-corrected chi connectivity index (χ4v) is 3.47. The molecule has 0 aliphatic rings. The summed E-state index contributed by atoms with van der Waals surface area (Å²) in [5.41, 5.74) is 1.41. The maximum atomic E-state index is 14.3. The lowest BCUT2D eigenvalue weighted by molar-refractivity contribution is -0.276. The van der Waals surface area contributed by atoms with Crippen molar-refractivity contribution in [2.45, 2.75) is 51.8 Å². The molecule has 0 fully saturated rings. The van der Waals surface area contributed by atoms with Crippen LogP contribution in [-0.4, -0.2) is 12.3 Å². The van der Waals surface area contributed by atoms with Gasteiger partial charge in [0.15, 0.2) is 11.6 Å². The Morgan fingerprint density at radius 1 is 0.909 bits per heavy atom. The van der Waals surface area contributed by atoms with E-state index in [1.807, 2.05) is 12.1 Å². The molecule has 3 rings (SSSR count). The summed E-state index contributed by atoms with van der Waals surface area (Å²) in [5.74, 6) is -5.22. The van der Waals surface area contributed by atoms with Crippen LogP contribution >= 0.6 is 0 Å². The monoisotopic (exact) mass is 466 g/mol. The van der Waals surface area contributed by atoms with Gasteiger partial charge < -0.3 is 9.47 Å². The highest BCUT2D eigenvalue weighted by Crippen LogP contribution is 2.35. The molecule has 33 heavy (non-hydrogen) atoms. The maximum absolute atomic E-state index is 14.3. The molecule has 0 amide bonds. The molecule has 0 saturated heterocycles. The molecule has 3 aromatic rings. The van der Waals surface area contributed by atoms with Crippen molar-refractivity contribution >= 4 is 16.7 Å². The normalized spacial score (nSPS) is 11.6. The first-order valence-corrected chi connectivity index (χ1v) is 10.7. The van der Waals surface area contributed by atoms with Crippen LogP contribution < -0.4 is 9.47 Å². The van der Waals surface area contributed by atoms with Gasteiger partial charge in [0.05, 0.1) is 5.56 Å². The first kappa shape index (κ1) is 24.5. The Morgan fingerprint density at radius 3 is 2.27 bits per heavy atom. The summed E-state index contributed by atoms with van der Waals surface area (Å²) >= 11 is 0. The summed E-state index contributed by atoms with van der Waals surface area (Å²) in [7, 11) is 0. The van der Waals surface area contributed by atoms with Crippen LogP contribution in [0.1, 0.15) is 54.9 Å². The van der Waals surface area contributed by atoms with Crippen molar-refractivity contribution in [1.82, 2.24) is 0 Å². The van der Waals surface area contributed by atoms with Crippen LogP contribution in [0.15, 0.2) is 48.5 Å². The SMILES string of the molecule is CCCCCCCc1ccc(C(=O)Oc2ccc3c(F)c(OC(F)(F)F)c(F)cc3c2)cc1. The first-order chi connectivity index (χ1) is 15.7. The van der Waals surface area contributed by atoms with Gasteiger partial charge >= 0.3 is 12.3 Å². The molecule has 0 bridgehead atoms. The predicted molar refractivity (Wildman–Crippen MR) is 114 cm³/mol. The van der Waals surface area contributed by atoms with E-state index in [9.17, 15) is 26.7 Å². The van der Waals surface area contributed by atoms with Gasteiger partial charge in [-0.15, -0.1) is 13.2 Å². The van der Waals surface area contributed by atoms with Gasteiger partial charge in [-0.25, -0.2) is 13.6 Å². The lowest BCUT2D eigenvalue weighted by Crippen LogP contribution is -2.19. The quantitative estimate of drug-likeness (QED) is 0.140. The van der Waals surface area contributed by atoms with Crippen molar-refractivity contribution in [1.29, 1.82) is 0 Å². The van der Waals surface area contributed by atoms with Gasteiger partial charge in [-0.3, -0.25) is 0 Å². The Hall–Kier alpha value is -3.16. The van der Waals surface area contributed by atoms with E-state index in [-0.39, 0.29) is 16.5 Å². The third-order valence-electron chi connectivity index (χ3n) is 5.14. The van der Waals surface area contributed by atoms with Gasteiger partial charge in [-0.1, -0.05) is 44.7 Å². The van der Waals surface area contributed by atoms with Crippen LogP contribution in [0.25, 0.3) is 10.8 Å². The Balaban J connectivity index is 1.69. The second-order valence-electron chi connectivity index (χ2n) is 7.68. The number of fused-ring (bicyclic) bond motifs is 1. The Kier molecular flexibility index (Phi) is 7.89. The number of hydrogen-bond donors (Lipinski definition) is 0. The lowest BCUT2D eigenvalue weighted by atomic mass is 10.0. The molecule has 0 unspecified atom stereocenters. The number of ether oxygens (including phenoxy) is 2. The minimum atomic E-state index is -5.24. The molecular formula is C25H23F5O3. The molecule has 3 nitrogen and oxygen atoms in total. The second kappa shape index (κ2) is 10.6. The van der Waals surface area contributed by atoms with E-state index in [1.165, 1.54) is 31.4 Å². The summed E-state index contributed by atoms with van der Waals surface area (Å²) in [5, 5.41) is -0.387. The zero-order valence-corrected chi connectivity index (χ0v) is 18.0. The van der Waals surface area contributed by atoms with E-state index >= 15 is 0 Å². The summed E-state index contributed by atoms with van der Waals surface area (Å²) < 4.78 is 74.2. The van der Waals surface area contributed by atoms with Gasteiger partial charge in [0.2, 0.25) is 5.75 Å². The van der Waals surface area contributed by atoms with Gasteiger partial charge in [-0.05, 0) is 60.2 Å². The molecule has 8 heteroatoms. The fraction of sp³-hybridized carbons (Fsp3) is 0.320. The topological polar surface area (TPSA) is 35.5 Å². The number of carbonyl (C=O) groups is 1. The van der Waals surface area contributed by atoms with Gasteiger partial charge in [0.1, 0.15) is 5.75 Å². The number of aryl methyl sites for hydroxylation is 1. The van der Waals surface area contributed by atoms with Crippen molar-refractivity contribution in [2.24, 2.45) is 0 Å². The predicted octanol–water partition coefficient (Wildman–Crippen LogP) is 7.75. The molecule has 176 valence electrons. The molecule has 0 aromatic heterocycles. The van der Waals surface area contributed by atoms with E-state index in [4.69, 9.17) is 4.74 Å². The first-order valence-electron chi connectivity index (χ1n) is 10.7. The number of hydrogen-bond acceptors (Lipinski definition) is 3. The number of halogens is 5. The van der Waals surface area contributed by atoms with Gasteiger partial charge in [0, 0.05) is 5.39 Å². The van der Waals surface area contributed by atoms with Crippen LogP contribution in [0.3, 0.4) is 0 Å². The number of unbranched alkanes of at least 4 members (excludes halogenated alkanes) is 4. The zero-order valence-electron chi connectivity index (χ0n) is 18.0. The largest absolute Gasteiger partial charge is 0.573 e. The zero-order chi connectivity index (χ0) is 24.0. The Bertz CT molecular complexity index is 1110. The van der Waals surface area contributed by atoms with Crippen LogP contribution in [-0.2, 0) is 6.42 Å². The number of carbonyl (C=O) groups excluding carboxylic acids is 1. The lowest BCUT2D eigenvalue weighted by Gasteiger charge is -2.13. The molecule has 0 heterocycles. The minimum absolute atomic E-state index is 0.00390. The molecule has 0 aliphatic carbocycles. The third-order valence-corrected chi connectivity index (χ3v) is 5.14. The number of rotatable bonds is 9. The number of esters is 1. The Labute approximate surface area is 188 Å². The highest BCUT2D eigenvalue weighted by molar-refractivity contribution is 5.92. The second-order valence-corrected chi connectivity index (χ2v) is 7.68. The van der Waals surface area contributed by atoms with Crippen molar-refractivity contribution in [2.75, 3.05) is 0 Å². The average Bonchev–Trinajstić information content (AvgIpc) is 2.76. The fourth-order valence-electron chi connectivity index (χ4n) is 3.47. The molecule has 0 aliphatic heterocycles. The molecule has 0 N–H and O–H groups in total. The van der Waals surface area contributed by atoms with E-state index in [0.717, 1.165) is 30.9 Å². The molecule has 0 radical (unpaired) electrons. The summed E-state index contributed by atoms with van der Waals surface area (Å²) in [6.45, 7) is 2.16. The smallest absolute Gasteiger partial charge is 0.423 e. The van der Waals surface area contributed by atoms with Gasteiger partial charge in [0.25, 0.3) is 0 Å². The van der Waals surface area contributed by atoms with Crippen LogP contribution in [0.2, 0.25) is 0 Å². The van der Waals surface area contributed by atoms with Gasteiger partial charge in [-0.2, -0.15) is 0 Å². The molecular weight excluding hydrogens is 443 g/mol. The van der Waals surface area contributed by atoms with Crippen molar-refractivity contribution in [3.8, 4) is 11.5 Å². The van der Waals surface area contributed by atoms with E-state index in [1.54, 1.807) is 12.1 Å². The molecule has 3 aromatic carbocycles. The van der Waals surface area contributed by atoms with E-state index in [0.29, 0.717) is 11.6 Å². The van der Waals surface area contributed by atoms with E-state index in [2.05, 4.69) is 11.7 Å². The number of alkyl halides is 3. The van der Waals surface area contributed by atoms with Crippen LogP contribution in [0.4, 0.5) is 22.0 Å². The summed E-state index contributed by atoms with van der Waals surface area (Å²) in [4.78, 5) is 12.4. The average molecular weight is 466 g/mol. The Morgan fingerprint density at radius 2 is 1.61 bits per heavy atom. The maximum Gasteiger partial charge on any atom is 0.573 e. The summed E-state index contributed by atoms with van der Waals surface area (Å²) in [6.07, 6.45) is 1.52. The minimum Gasteiger partial charge on any atom is -0.423 e. The number of benzene rings is 3. The summed E-state index contributed by atoms with van der Waals surface area (Å²) in [6, 6.07) is 11.2. The van der Waals surface area contributed by atoms with Crippen molar-refractivity contribution in [3.05, 3.63) is 71.3 Å². The highest BCUT2D eigenvalue weighted by atomic mass is 19.4. The molecule has 0 spiro atoms. The highest BCUT2D eigenvalue weighted by Gasteiger charge is 2.34. The van der Waals surface area contributed by atoms with Crippen LogP contribution in [0.5, 0.6) is 11.5 Å². The van der Waals surface area contributed by atoms with Crippen LogP contribution in [0, 0.1) is 11.6 Å². The standard InChI is InChI=1S/C25H23F5O3/c1-2-3-4-5-6-7-16-8-10-17(11-9-16)24(31)32-19-12-13-20-18(14-19)15-21(26)23(22(20)27)33-25(28,29)30/h8-15H,2-7H2,1H3. The third kappa shape index (κ3) is 6.66.